The zero-order chi connectivity index (χ0) is 14.2. The summed E-state index contributed by atoms with van der Waals surface area (Å²) in [4.78, 5) is 20.8. The lowest BCUT2D eigenvalue weighted by atomic mass is 9.81. The lowest BCUT2D eigenvalue weighted by molar-refractivity contribution is 0.0572. The smallest absolute Gasteiger partial charge is 0.266 e. The predicted molar refractivity (Wildman–Crippen MR) is 84.7 cm³/mol. The third-order valence-corrected chi connectivity index (χ3v) is 6.34. The second kappa shape index (κ2) is 5.71. The van der Waals surface area contributed by atoms with Crippen LogP contribution in [0.3, 0.4) is 0 Å². The molecular weight excluding hydrogens is 280 g/mol. The largest absolute Gasteiger partial charge is 0.335 e. The molecule has 0 aromatic carbocycles. The highest BCUT2D eigenvalue weighted by molar-refractivity contribution is 7.11. The van der Waals surface area contributed by atoms with Crippen molar-refractivity contribution in [2.45, 2.75) is 69.7 Å². The highest BCUT2D eigenvalue weighted by atomic mass is 32.1. The minimum Gasteiger partial charge on any atom is -0.335 e. The second-order valence-corrected chi connectivity index (χ2v) is 7.80. The summed E-state index contributed by atoms with van der Waals surface area (Å²) in [6.07, 6.45) is 11.4. The summed E-state index contributed by atoms with van der Waals surface area (Å²) >= 11 is 1.56. The molecular formula is C17H24N2OS. The van der Waals surface area contributed by atoms with E-state index in [2.05, 4.69) is 9.88 Å². The fourth-order valence-electron chi connectivity index (χ4n) is 4.23. The average Bonchev–Trinajstić information content (AvgIpc) is 3.28. The van der Waals surface area contributed by atoms with Crippen molar-refractivity contribution >= 4 is 17.2 Å². The Hall–Kier alpha value is -0.900. The fraction of sp³-hybridized carbons (Fsp3) is 0.765. The number of rotatable bonds is 2. The van der Waals surface area contributed by atoms with Crippen molar-refractivity contribution in [2.24, 2.45) is 5.92 Å². The first-order valence-corrected chi connectivity index (χ1v) is 9.47. The van der Waals surface area contributed by atoms with Crippen LogP contribution in [-0.2, 0) is 0 Å². The Kier molecular flexibility index (Phi) is 3.74. The van der Waals surface area contributed by atoms with Crippen molar-refractivity contribution in [3.05, 3.63) is 16.1 Å². The predicted octanol–water partition coefficient (Wildman–Crippen LogP) is 4.21. The van der Waals surface area contributed by atoms with Crippen LogP contribution in [0.25, 0.3) is 0 Å². The molecule has 3 nitrogen and oxygen atoms in total. The van der Waals surface area contributed by atoms with Crippen LogP contribution in [0.5, 0.6) is 0 Å². The highest BCUT2D eigenvalue weighted by Gasteiger charge is 2.37. The number of likely N-dealkylation sites (tertiary alicyclic amines) is 1. The molecule has 1 amide bonds. The van der Waals surface area contributed by atoms with Gasteiger partial charge in [-0.2, -0.15) is 0 Å². The first kappa shape index (κ1) is 13.7. The molecule has 1 aromatic heterocycles. The van der Waals surface area contributed by atoms with Crippen LogP contribution in [-0.4, -0.2) is 28.4 Å². The minimum atomic E-state index is 0.290. The van der Waals surface area contributed by atoms with Crippen LogP contribution in [0.15, 0.2) is 5.51 Å². The standard InChI is InChI=1S/C17H24N2OS/c20-17(16-15(13-8-9-13)18-11-21-16)19-10-4-3-6-12-5-1-2-7-14(12)19/h11-14H,1-10H2/t12-,14-/m0/s1. The van der Waals surface area contributed by atoms with Gasteiger partial charge in [-0.05, 0) is 44.4 Å². The summed E-state index contributed by atoms with van der Waals surface area (Å²) in [7, 11) is 0. The third kappa shape index (κ3) is 2.63. The second-order valence-electron chi connectivity index (χ2n) is 6.95. The molecule has 2 heterocycles. The number of aromatic nitrogens is 1. The zero-order valence-electron chi connectivity index (χ0n) is 12.6. The van der Waals surface area contributed by atoms with Crippen LogP contribution >= 0.6 is 11.3 Å². The molecule has 0 N–H and O–H groups in total. The molecule has 4 heteroatoms. The first-order valence-electron chi connectivity index (χ1n) is 8.59. The van der Waals surface area contributed by atoms with Gasteiger partial charge in [-0.1, -0.05) is 19.3 Å². The Morgan fingerprint density at radius 2 is 1.86 bits per heavy atom. The molecule has 0 unspecified atom stereocenters. The molecule has 3 fully saturated rings. The maximum Gasteiger partial charge on any atom is 0.266 e. The van der Waals surface area contributed by atoms with Crippen LogP contribution in [0.4, 0.5) is 0 Å². The zero-order valence-corrected chi connectivity index (χ0v) is 13.4. The van der Waals surface area contributed by atoms with Crippen LogP contribution in [0, 0.1) is 5.92 Å². The van der Waals surface area contributed by atoms with E-state index in [-0.39, 0.29) is 5.91 Å². The van der Waals surface area contributed by atoms with Crippen molar-refractivity contribution in [2.75, 3.05) is 6.54 Å². The van der Waals surface area contributed by atoms with Gasteiger partial charge in [-0.25, -0.2) is 4.98 Å². The Bertz CT molecular complexity index is 523. The van der Waals surface area contributed by atoms with E-state index in [9.17, 15) is 4.79 Å². The number of amides is 1. The summed E-state index contributed by atoms with van der Waals surface area (Å²) in [6, 6.07) is 0.503. The molecule has 2 saturated carbocycles. The number of carbonyl (C=O) groups is 1. The molecule has 114 valence electrons. The molecule has 0 radical (unpaired) electrons. The Morgan fingerprint density at radius 1 is 1.10 bits per heavy atom. The number of fused-ring (bicyclic) bond motifs is 1. The third-order valence-electron chi connectivity index (χ3n) is 5.51. The molecule has 0 spiro atoms. The van der Waals surface area contributed by atoms with E-state index in [4.69, 9.17) is 0 Å². The van der Waals surface area contributed by atoms with Gasteiger partial charge in [0.15, 0.2) is 0 Å². The maximum absolute atomic E-state index is 13.1. The van der Waals surface area contributed by atoms with Gasteiger partial charge in [0.05, 0.1) is 11.2 Å². The molecule has 2 atom stereocenters. The lowest BCUT2D eigenvalue weighted by Crippen LogP contribution is -2.45. The number of hydrogen-bond donors (Lipinski definition) is 0. The molecule has 1 aromatic rings. The van der Waals surface area contributed by atoms with Crippen molar-refractivity contribution in [1.29, 1.82) is 0 Å². The number of nitrogens with zero attached hydrogens (tertiary/aromatic N) is 2. The summed E-state index contributed by atoms with van der Waals surface area (Å²) in [5, 5.41) is 0. The van der Waals surface area contributed by atoms with Gasteiger partial charge < -0.3 is 4.90 Å². The van der Waals surface area contributed by atoms with Gasteiger partial charge in [-0.15, -0.1) is 11.3 Å². The van der Waals surface area contributed by atoms with Crippen LogP contribution in [0.2, 0.25) is 0 Å². The van der Waals surface area contributed by atoms with Gasteiger partial charge in [0, 0.05) is 18.5 Å². The fourth-order valence-corrected chi connectivity index (χ4v) is 5.06. The normalized spacial score (nSPS) is 29.8. The summed E-state index contributed by atoms with van der Waals surface area (Å²) in [6.45, 7) is 0.960. The number of thiazole rings is 1. The van der Waals surface area contributed by atoms with Gasteiger partial charge in [0.25, 0.3) is 5.91 Å². The van der Waals surface area contributed by atoms with E-state index in [1.54, 1.807) is 11.3 Å². The quantitative estimate of drug-likeness (QED) is 0.820. The Balaban J connectivity index is 1.60. The number of carbonyl (C=O) groups excluding carboxylic acids is 1. The molecule has 1 saturated heterocycles. The monoisotopic (exact) mass is 304 g/mol. The maximum atomic E-state index is 13.1. The van der Waals surface area contributed by atoms with E-state index in [0.717, 1.165) is 23.0 Å². The van der Waals surface area contributed by atoms with Gasteiger partial charge >= 0.3 is 0 Å². The number of hydrogen-bond acceptors (Lipinski definition) is 3. The van der Waals surface area contributed by atoms with Crippen LogP contribution < -0.4 is 0 Å². The van der Waals surface area contributed by atoms with E-state index in [0.29, 0.717) is 12.0 Å². The molecule has 2 aliphatic carbocycles. The van der Waals surface area contributed by atoms with E-state index < -0.39 is 0 Å². The van der Waals surface area contributed by atoms with Crippen molar-refractivity contribution in [1.82, 2.24) is 9.88 Å². The van der Waals surface area contributed by atoms with Crippen molar-refractivity contribution in [3.63, 3.8) is 0 Å². The SMILES string of the molecule is O=C(c1scnc1C1CC1)N1CCCC[C@@H]2CCCC[C@@H]21. The summed E-state index contributed by atoms with van der Waals surface area (Å²) in [5.74, 6) is 1.62. The van der Waals surface area contributed by atoms with Gasteiger partial charge in [0.1, 0.15) is 4.88 Å². The van der Waals surface area contributed by atoms with Gasteiger partial charge in [-0.3, -0.25) is 4.79 Å². The summed E-state index contributed by atoms with van der Waals surface area (Å²) in [5.41, 5.74) is 2.97. The van der Waals surface area contributed by atoms with E-state index in [1.807, 2.05) is 5.51 Å². The van der Waals surface area contributed by atoms with E-state index in [1.165, 1.54) is 57.8 Å². The molecule has 3 aliphatic rings. The summed E-state index contributed by atoms with van der Waals surface area (Å²) < 4.78 is 0. The lowest BCUT2D eigenvalue weighted by Gasteiger charge is -2.38. The highest BCUT2D eigenvalue weighted by Crippen LogP contribution is 2.43. The first-order chi connectivity index (χ1) is 10.3. The Labute approximate surface area is 130 Å². The molecule has 0 bridgehead atoms. The average molecular weight is 304 g/mol. The molecule has 4 rings (SSSR count). The molecule has 1 aliphatic heterocycles. The minimum absolute atomic E-state index is 0.290. The van der Waals surface area contributed by atoms with Gasteiger partial charge in [0.2, 0.25) is 0 Å². The topological polar surface area (TPSA) is 33.2 Å². The van der Waals surface area contributed by atoms with E-state index >= 15 is 0 Å². The van der Waals surface area contributed by atoms with Crippen molar-refractivity contribution in [3.8, 4) is 0 Å². The van der Waals surface area contributed by atoms with Crippen LogP contribution in [0.1, 0.15) is 79.1 Å². The van der Waals surface area contributed by atoms with Crippen molar-refractivity contribution < 1.29 is 4.79 Å². The Morgan fingerprint density at radius 3 is 2.67 bits per heavy atom. The molecule has 21 heavy (non-hydrogen) atoms.